The number of halogens is 1. The van der Waals surface area contributed by atoms with E-state index in [4.69, 9.17) is 16.3 Å². The third kappa shape index (κ3) is 4.26. The lowest BCUT2D eigenvalue weighted by Gasteiger charge is -2.38. The minimum atomic E-state index is -0.531. The van der Waals surface area contributed by atoms with E-state index in [1.165, 1.54) is 5.69 Å². The van der Waals surface area contributed by atoms with E-state index in [1.54, 1.807) is 7.05 Å². The first kappa shape index (κ1) is 24.1. The van der Waals surface area contributed by atoms with Crippen molar-refractivity contribution in [3.8, 4) is 5.75 Å². The van der Waals surface area contributed by atoms with Crippen LogP contribution in [0.2, 0.25) is 5.02 Å². The molecule has 1 N–H and O–H groups in total. The molecule has 4 aromatic rings. The van der Waals surface area contributed by atoms with Crippen molar-refractivity contribution >= 4 is 33.9 Å². The van der Waals surface area contributed by atoms with Gasteiger partial charge in [-0.15, -0.1) is 0 Å². The molecule has 6 rings (SSSR count). The molecule has 0 spiro atoms. The number of ether oxygens (including phenoxy) is 1. The summed E-state index contributed by atoms with van der Waals surface area (Å²) in [4.78, 5) is 20.9. The highest BCUT2D eigenvalue weighted by Crippen LogP contribution is 2.43. The van der Waals surface area contributed by atoms with E-state index in [-0.39, 0.29) is 16.5 Å². The number of hydrogen-bond donors (Lipinski definition) is 1. The minimum absolute atomic E-state index is 0.0124. The van der Waals surface area contributed by atoms with Gasteiger partial charge in [0.15, 0.2) is 0 Å². The molecule has 0 amide bonds. The summed E-state index contributed by atoms with van der Waals surface area (Å²) in [5, 5.41) is 16.7. The van der Waals surface area contributed by atoms with Gasteiger partial charge in [-0.3, -0.25) is 15.1 Å². The molecule has 2 aliphatic rings. The summed E-state index contributed by atoms with van der Waals surface area (Å²) < 4.78 is 5.81. The number of fused-ring (bicyclic) bond motifs is 2. The second kappa shape index (κ2) is 9.87. The second-order valence-corrected chi connectivity index (χ2v) is 9.79. The number of anilines is 2. The normalized spacial score (nSPS) is 17.3. The first-order valence-corrected chi connectivity index (χ1v) is 12.9. The molecule has 1 saturated heterocycles. The van der Waals surface area contributed by atoms with Crippen molar-refractivity contribution in [2.75, 3.05) is 43.0 Å². The van der Waals surface area contributed by atoms with E-state index in [0.29, 0.717) is 10.8 Å². The molecule has 2 aliphatic heterocycles. The highest BCUT2D eigenvalue weighted by molar-refractivity contribution is 6.31. The maximum Gasteiger partial charge on any atom is 0.317 e. The summed E-state index contributed by atoms with van der Waals surface area (Å²) in [7, 11) is 1.64. The quantitative estimate of drug-likeness (QED) is 0.274. The van der Waals surface area contributed by atoms with E-state index in [9.17, 15) is 10.1 Å². The summed E-state index contributed by atoms with van der Waals surface area (Å²) in [6.45, 7) is 3.47. The molecule has 1 aromatic heterocycles. The molecule has 3 aromatic carbocycles. The number of aromatic nitrogens is 1. The lowest BCUT2D eigenvalue weighted by Crippen LogP contribution is -2.46. The predicted molar refractivity (Wildman–Crippen MR) is 150 cm³/mol. The summed E-state index contributed by atoms with van der Waals surface area (Å²) in [6, 6.07) is 23.5. The zero-order valence-corrected chi connectivity index (χ0v) is 21.6. The Morgan fingerprint density at radius 3 is 2.47 bits per heavy atom. The van der Waals surface area contributed by atoms with E-state index in [2.05, 4.69) is 38.3 Å². The highest BCUT2D eigenvalue weighted by atomic mass is 35.5. The molecule has 192 valence electrons. The molecule has 0 radical (unpaired) electrons. The van der Waals surface area contributed by atoms with Crippen molar-refractivity contribution in [3.63, 3.8) is 0 Å². The summed E-state index contributed by atoms with van der Waals surface area (Å²) in [5.74, 6) is 0.264. The topological polar surface area (TPSA) is 83.8 Å². The SMILES string of the molecule is CNC1=C([N+](=O)[O-])C(c2ccc(N3CCN(c4ccnc5cc(Cl)ccc45)CC3)cc2)c2ccccc2O1. The molecule has 9 heteroatoms. The molecule has 0 aliphatic carbocycles. The molecule has 1 unspecified atom stereocenters. The van der Waals surface area contributed by atoms with Crippen molar-refractivity contribution in [3.05, 3.63) is 117 Å². The van der Waals surface area contributed by atoms with Gasteiger partial charge in [0.25, 0.3) is 5.88 Å². The summed E-state index contributed by atoms with van der Waals surface area (Å²) in [5.41, 5.74) is 4.81. The Labute approximate surface area is 225 Å². The van der Waals surface area contributed by atoms with Crippen molar-refractivity contribution in [2.45, 2.75) is 5.92 Å². The van der Waals surface area contributed by atoms with Gasteiger partial charge in [-0.2, -0.15) is 0 Å². The molecule has 3 heterocycles. The number of rotatable bonds is 5. The van der Waals surface area contributed by atoms with Crippen LogP contribution in [-0.2, 0) is 0 Å². The van der Waals surface area contributed by atoms with Gasteiger partial charge < -0.3 is 19.9 Å². The monoisotopic (exact) mass is 527 g/mol. The molecular formula is C29H26ClN5O3. The molecule has 0 bridgehead atoms. The van der Waals surface area contributed by atoms with E-state index >= 15 is 0 Å². The standard InChI is InChI=1S/C29H26ClN5O3/c1-31-29-28(35(36)37)27(23-4-2-3-5-26(23)38-29)19-6-9-21(10-7-19)33-14-16-34(17-15-33)25-12-13-32-24-18-20(30)8-11-22(24)25/h2-13,18,27,31H,14-17H2,1H3. The number of piperazine rings is 1. The van der Waals surface area contributed by atoms with E-state index in [0.717, 1.165) is 53.9 Å². The van der Waals surface area contributed by atoms with Crippen LogP contribution >= 0.6 is 11.6 Å². The maximum atomic E-state index is 12.1. The summed E-state index contributed by atoms with van der Waals surface area (Å²) >= 11 is 6.16. The van der Waals surface area contributed by atoms with Crippen LogP contribution in [0.1, 0.15) is 17.0 Å². The van der Waals surface area contributed by atoms with Crippen LogP contribution in [0.5, 0.6) is 5.75 Å². The van der Waals surface area contributed by atoms with Crippen LogP contribution in [0.25, 0.3) is 10.9 Å². The lowest BCUT2D eigenvalue weighted by molar-refractivity contribution is -0.432. The Morgan fingerprint density at radius 2 is 1.74 bits per heavy atom. The van der Waals surface area contributed by atoms with Crippen LogP contribution in [0.15, 0.2) is 90.6 Å². The Hall–Kier alpha value is -4.30. The number of hydrogen-bond acceptors (Lipinski definition) is 7. The van der Waals surface area contributed by atoms with Gasteiger partial charge in [-0.1, -0.05) is 41.9 Å². The van der Waals surface area contributed by atoms with Crippen molar-refractivity contribution in [1.29, 1.82) is 0 Å². The van der Waals surface area contributed by atoms with Crippen LogP contribution in [0, 0.1) is 10.1 Å². The fraction of sp³-hybridized carbons (Fsp3) is 0.207. The average molecular weight is 528 g/mol. The van der Waals surface area contributed by atoms with Gasteiger partial charge in [-0.05, 0) is 48.0 Å². The second-order valence-electron chi connectivity index (χ2n) is 9.35. The largest absolute Gasteiger partial charge is 0.435 e. The van der Waals surface area contributed by atoms with E-state index in [1.807, 2.05) is 60.8 Å². The van der Waals surface area contributed by atoms with Crippen LogP contribution in [-0.4, -0.2) is 43.1 Å². The number of nitrogens with zero attached hydrogens (tertiary/aromatic N) is 4. The average Bonchev–Trinajstić information content (AvgIpc) is 2.95. The lowest BCUT2D eigenvalue weighted by atomic mass is 9.86. The maximum absolute atomic E-state index is 12.1. The Balaban J connectivity index is 1.23. The van der Waals surface area contributed by atoms with Crippen molar-refractivity contribution < 1.29 is 9.66 Å². The van der Waals surface area contributed by atoms with Gasteiger partial charge in [-0.25, -0.2) is 0 Å². The van der Waals surface area contributed by atoms with Crippen LogP contribution < -0.4 is 19.9 Å². The van der Waals surface area contributed by atoms with Crippen LogP contribution in [0.3, 0.4) is 0 Å². The molecule has 8 nitrogen and oxygen atoms in total. The minimum Gasteiger partial charge on any atom is -0.435 e. The fourth-order valence-electron chi connectivity index (χ4n) is 5.42. The molecule has 1 fully saturated rings. The molecular weight excluding hydrogens is 502 g/mol. The summed E-state index contributed by atoms with van der Waals surface area (Å²) in [6.07, 6.45) is 1.83. The van der Waals surface area contributed by atoms with E-state index < -0.39 is 5.92 Å². The number of nitrogens with one attached hydrogen (secondary N) is 1. The molecule has 0 saturated carbocycles. The van der Waals surface area contributed by atoms with Gasteiger partial charge in [0, 0.05) is 66.8 Å². The van der Waals surface area contributed by atoms with Crippen LogP contribution in [0.4, 0.5) is 11.4 Å². The predicted octanol–water partition coefficient (Wildman–Crippen LogP) is 5.40. The van der Waals surface area contributed by atoms with Gasteiger partial charge in [0.1, 0.15) is 11.7 Å². The number of benzene rings is 3. The van der Waals surface area contributed by atoms with Crippen molar-refractivity contribution in [1.82, 2.24) is 10.3 Å². The zero-order chi connectivity index (χ0) is 26.2. The molecule has 1 atom stereocenters. The Morgan fingerprint density at radius 1 is 1.00 bits per heavy atom. The highest BCUT2D eigenvalue weighted by Gasteiger charge is 2.39. The zero-order valence-electron chi connectivity index (χ0n) is 20.8. The first-order chi connectivity index (χ1) is 18.5. The fourth-order valence-corrected chi connectivity index (χ4v) is 5.59. The number of para-hydroxylation sites is 1. The first-order valence-electron chi connectivity index (χ1n) is 12.5. The Bertz CT molecular complexity index is 1550. The Kier molecular flexibility index (Phi) is 6.25. The van der Waals surface area contributed by atoms with Crippen molar-refractivity contribution in [2.24, 2.45) is 0 Å². The third-order valence-corrected chi connectivity index (χ3v) is 7.50. The van der Waals surface area contributed by atoms with Gasteiger partial charge in [0.2, 0.25) is 0 Å². The number of pyridine rings is 1. The third-order valence-electron chi connectivity index (χ3n) is 7.27. The molecule has 38 heavy (non-hydrogen) atoms. The smallest absolute Gasteiger partial charge is 0.317 e. The number of allylic oxidation sites excluding steroid dienone is 1. The van der Waals surface area contributed by atoms with Gasteiger partial charge >= 0.3 is 5.70 Å². The number of nitro groups is 1. The van der Waals surface area contributed by atoms with Gasteiger partial charge in [0.05, 0.1) is 10.4 Å².